The molecule has 0 aliphatic heterocycles. The summed E-state index contributed by atoms with van der Waals surface area (Å²) in [6, 6.07) is 0. The highest BCUT2D eigenvalue weighted by atomic mass is 32.2. The first-order valence-electron chi connectivity index (χ1n) is 37.8. The van der Waals surface area contributed by atoms with Crippen molar-refractivity contribution >= 4 is 40.9 Å². The summed E-state index contributed by atoms with van der Waals surface area (Å²) < 4.78 is 7.42. The number of esters is 1. The molecule has 0 radical (unpaired) electrons. The lowest BCUT2D eigenvalue weighted by atomic mass is 9.81. The number of aliphatic hydroxyl groups is 1. The highest BCUT2D eigenvalue weighted by Crippen LogP contribution is 2.29. The Bertz CT molecular complexity index is 1930. The van der Waals surface area contributed by atoms with Crippen molar-refractivity contribution in [2.45, 2.75) is 303 Å². The molecule has 1 amide bonds. The number of nitrogens with zero attached hydrogens (tertiary/aromatic N) is 4. The maximum atomic E-state index is 13.1. The minimum absolute atomic E-state index is 0.0830. The topological polar surface area (TPSA) is 76.3 Å². The standard InChI is InChI=1S/C81H145N4O4S2/c1-9-13-15-17-19-20-21-22-23-24-29-34-39-44-52-60-68-84(80(87)90-75-72-82(5)6)69-61-53-45-40-35-30-25-27-32-37-42-49-57-65-77(11-3)78(12-4)66-58-50-43-38-33-28-26-31-36-41-46-54-62-70-85(81(88)91-76-73-83(7)8)71-63-55-48-51-59-67-79(86)89-74-64-56-47-18-16-14-10-2/h17,19-21,23-25,27-28,31,37-38,42-43,56,64,69,77-78,81,88H,9-16,18,22,29-30,32-36,39-41,44-55,57-63,65-68,70-76H2,1-8H3/q+1/b19-17-,21-20-,24-23-,27-25-,42-37-,43-38-,64-56-,84-69?. The second-order valence-electron chi connectivity index (χ2n) is 26.0. The van der Waals surface area contributed by atoms with Gasteiger partial charge in [0.25, 0.3) is 0 Å². The van der Waals surface area contributed by atoms with E-state index in [1.165, 1.54) is 172 Å². The maximum Gasteiger partial charge on any atom is 0.448 e. The summed E-state index contributed by atoms with van der Waals surface area (Å²) in [5.41, 5.74) is 2.98. The van der Waals surface area contributed by atoms with Crippen LogP contribution in [0.5, 0.6) is 0 Å². The molecule has 1 N–H and O–H groups in total. The highest BCUT2D eigenvalue weighted by molar-refractivity contribution is 8.13. The Labute approximate surface area is 573 Å². The van der Waals surface area contributed by atoms with Gasteiger partial charge in [0.2, 0.25) is 0 Å². The van der Waals surface area contributed by atoms with Crippen LogP contribution in [0.3, 0.4) is 0 Å². The third kappa shape index (κ3) is 64.2. The van der Waals surface area contributed by atoms with Gasteiger partial charge in [0.1, 0.15) is 12.8 Å². The molecule has 3 atom stereocenters. The first-order valence-corrected chi connectivity index (χ1v) is 39.8. The zero-order valence-electron chi connectivity index (χ0n) is 60.7. The molecule has 0 aromatic rings. The van der Waals surface area contributed by atoms with E-state index in [4.69, 9.17) is 4.74 Å². The van der Waals surface area contributed by atoms with E-state index in [1.54, 1.807) is 11.8 Å². The summed E-state index contributed by atoms with van der Waals surface area (Å²) in [7, 11) is 8.32. The fraction of sp³-hybridized carbons (Fsp3) is 0.753. The van der Waals surface area contributed by atoms with Crippen molar-refractivity contribution in [2.24, 2.45) is 11.8 Å². The van der Waals surface area contributed by atoms with Crippen LogP contribution in [0.4, 0.5) is 4.79 Å². The number of unbranched alkanes of at least 4 members (excludes halogenated alkanes) is 26. The van der Waals surface area contributed by atoms with Crippen LogP contribution in [-0.4, -0.2) is 126 Å². The van der Waals surface area contributed by atoms with E-state index in [0.717, 1.165) is 159 Å². The molecular formula is C81H145N4O4S2+. The van der Waals surface area contributed by atoms with E-state index in [1.807, 2.05) is 10.7 Å². The second-order valence-corrected chi connectivity index (χ2v) is 28.2. The predicted molar refractivity (Wildman–Crippen MR) is 407 cm³/mol. The van der Waals surface area contributed by atoms with E-state index >= 15 is 0 Å². The van der Waals surface area contributed by atoms with Gasteiger partial charge in [0, 0.05) is 56.9 Å². The van der Waals surface area contributed by atoms with E-state index in [-0.39, 0.29) is 11.2 Å². The van der Waals surface area contributed by atoms with Crippen molar-refractivity contribution < 1.29 is 24.0 Å². The van der Waals surface area contributed by atoms with Gasteiger partial charge < -0.3 is 19.6 Å². The summed E-state index contributed by atoms with van der Waals surface area (Å²) in [6.07, 6.45) is 87.3. The van der Waals surface area contributed by atoms with Gasteiger partial charge in [-0.1, -0.05) is 215 Å². The molecule has 0 aliphatic rings. The Kier molecular flexibility index (Phi) is 69.0. The molecule has 3 unspecified atom stereocenters. The summed E-state index contributed by atoms with van der Waals surface area (Å²) in [5.74, 6) is 3.36. The number of ether oxygens (including phenoxy) is 1. The van der Waals surface area contributed by atoms with Crippen LogP contribution in [-0.2, 0) is 9.53 Å². The van der Waals surface area contributed by atoms with Crippen LogP contribution < -0.4 is 0 Å². The van der Waals surface area contributed by atoms with Crippen LogP contribution in [0.1, 0.15) is 297 Å². The molecule has 0 aromatic heterocycles. The van der Waals surface area contributed by atoms with Gasteiger partial charge in [0.05, 0.1) is 0 Å². The van der Waals surface area contributed by atoms with Gasteiger partial charge in [0.15, 0.2) is 12.1 Å². The van der Waals surface area contributed by atoms with E-state index in [0.29, 0.717) is 13.0 Å². The van der Waals surface area contributed by atoms with Crippen LogP contribution in [0.15, 0.2) is 103 Å². The third-order valence-corrected chi connectivity index (χ3v) is 19.0. The molecule has 0 heterocycles. The Morgan fingerprint density at radius 3 is 1.53 bits per heavy atom. The SMILES string of the molecule is CCCC/C=C\C=C/C/C=C\CCCCCCC[N+](=CCCCCCC/C=C\C/C=C\CCCC(CC)C(CC)CCC/C=C\CC=C=CCCCCCCN(CCCCCCCC(=O)OC/C=C\CCCCCC)C(O)SCCN(C)C)C(=O)SCCN(C)C. The molecule has 0 saturated carbocycles. The normalized spacial score (nSPS) is 13.6. The number of allylic oxidation sites excluding steroid dienone is 14. The average molecular weight is 1300 g/mol. The lowest BCUT2D eigenvalue weighted by Crippen LogP contribution is -2.35. The third-order valence-electron chi connectivity index (χ3n) is 17.1. The number of rotatable bonds is 66. The molecule has 0 rings (SSSR count). The largest absolute Gasteiger partial charge is 0.461 e. The summed E-state index contributed by atoms with van der Waals surface area (Å²) >= 11 is 3.13. The molecule has 0 aliphatic carbocycles. The number of aliphatic hydroxyl groups excluding tert-OH is 1. The van der Waals surface area contributed by atoms with Crippen molar-refractivity contribution in [1.82, 2.24) is 14.7 Å². The van der Waals surface area contributed by atoms with Crippen LogP contribution in [0.2, 0.25) is 0 Å². The molecule has 524 valence electrons. The molecule has 0 fully saturated rings. The predicted octanol–water partition coefficient (Wildman–Crippen LogP) is 23.2. The minimum atomic E-state index is -0.451. The Hall–Kier alpha value is -2.95. The number of thioether (sulfide) groups is 2. The second kappa shape index (κ2) is 71.3. The van der Waals surface area contributed by atoms with Gasteiger partial charge in [-0.15, -0.1) is 17.5 Å². The number of carbonyl (C=O) groups is 2. The minimum Gasteiger partial charge on any atom is -0.461 e. The van der Waals surface area contributed by atoms with Crippen molar-refractivity contribution in [2.75, 3.05) is 79.0 Å². The molecule has 0 saturated heterocycles. The van der Waals surface area contributed by atoms with E-state index in [9.17, 15) is 14.7 Å². The van der Waals surface area contributed by atoms with Crippen LogP contribution in [0, 0.1) is 11.8 Å². The summed E-state index contributed by atoms with van der Waals surface area (Å²) in [4.78, 5) is 31.9. The van der Waals surface area contributed by atoms with Crippen LogP contribution in [0.25, 0.3) is 0 Å². The maximum absolute atomic E-state index is 13.1. The smallest absolute Gasteiger partial charge is 0.448 e. The van der Waals surface area contributed by atoms with Crippen molar-refractivity contribution in [3.8, 4) is 0 Å². The Morgan fingerprint density at radius 2 is 0.934 bits per heavy atom. The summed E-state index contributed by atoms with van der Waals surface area (Å²) in [5, 5.41) is 11.3. The first kappa shape index (κ1) is 88.0. The molecule has 10 heteroatoms. The summed E-state index contributed by atoms with van der Waals surface area (Å²) in [6.45, 7) is 14.3. The van der Waals surface area contributed by atoms with E-state index < -0.39 is 5.56 Å². The van der Waals surface area contributed by atoms with E-state index in [2.05, 4.69) is 174 Å². The monoisotopic (exact) mass is 1300 g/mol. The average Bonchev–Trinajstić information content (AvgIpc) is 3.74. The lowest BCUT2D eigenvalue weighted by molar-refractivity contribution is -0.414. The molecule has 0 spiro atoms. The molecule has 91 heavy (non-hydrogen) atoms. The Morgan fingerprint density at radius 1 is 0.462 bits per heavy atom. The van der Waals surface area contributed by atoms with Gasteiger partial charge in [-0.2, -0.15) is 4.58 Å². The van der Waals surface area contributed by atoms with Crippen molar-refractivity contribution in [3.05, 3.63) is 103 Å². The zero-order valence-corrected chi connectivity index (χ0v) is 62.3. The number of hydrogen-bond donors (Lipinski definition) is 1. The number of amides is 1. The molecule has 8 nitrogen and oxygen atoms in total. The Balaban J connectivity index is 4.32. The van der Waals surface area contributed by atoms with Gasteiger partial charge in [-0.25, -0.2) is 4.79 Å². The first-order chi connectivity index (χ1) is 44.6. The number of carbonyl (C=O) groups excluding carboxylic acids is 2. The van der Waals surface area contributed by atoms with Crippen molar-refractivity contribution in [3.63, 3.8) is 0 Å². The molecule has 0 bridgehead atoms. The molecule has 0 aromatic carbocycles. The lowest BCUT2D eigenvalue weighted by Gasteiger charge is -2.28. The quantitative estimate of drug-likeness (QED) is 0.00937. The van der Waals surface area contributed by atoms with Gasteiger partial charge >= 0.3 is 11.2 Å². The fourth-order valence-corrected chi connectivity index (χ4v) is 13.2. The molecular weight excluding hydrogens is 1160 g/mol. The van der Waals surface area contributed by atoms with Crippen LogP contribution >= 0.6 is 23.5 Å². The van der Waals surface area contributed by atoms with Gasteiger partial charge in [-0.05, 0) is 212 Å². The van der Waals surface area contributed by atoms with Gasteiger partial charge in [-0.3, -0.25) is 9.69 Å². The van der Waals surface area contributed by atoms with Crippen molar-refractivity contribution in [1.29, 1.82) is 0 Å². The fourth-order valence-electron chi connectivity index (χ4n) is 11.1. The highest BCUT2D eigenvalue weighted by Gasteiger charge is 2.19. The zero-order chi connectivity index (χ0) is 66.4. The number of hydrogen-bond acceptors (Lipinski definition) is 9.